The smallest absolute Gasteiger partial charge is 0.183 e. The van der Waals surface area contributed by atoms with Crippen LogP contribution in [0.25, 0.3) is 0 Å². The first-order chi connectivity index (χ1) is 8.61. The highest BCUT2D eigenvalue weighted by molar-refractivity contribution is 6.30. The van der Waals surface area contributed by atoms with E-state index >= 15 is 0 Å². The number of benzene rings is 1. The maximum absolute atomic E-state index is 13.5. The van der Waals surface area contributed by atoms with E-state index in [4.69, 9.17) is 16.3 Å². The van der Waals surface area contributed by atoms with Gasteiger partial charge < -0.3 is 10.1 Å². The number of nitrogens with one attached hydrogen (secondary N) is 1. The lowest BCUT2D eigenvalue weighted by molar-refractivity contribution is 0.290. The SMILES string of the molecule is CC(C)NCCCCCOc1cccc(Cl)c1F. The van der Waals surface area contributed by atoms with Gasteiger partial charge in [-0.2, -0.15) is 0 Å². The second kappa shape index (κ2) is 8.33. The van der Waals surface area contributed by atoms with E-state index in [1.54, 1.807) is 12.1 Å². The lowest BCUT2D eigenvalue weighted by Gasteiger charge is -2.09. The molecule has 0 aliphatic heterocycles. The van der Waals surface area contributed by atoms with Gasteiger partial charge in [-0.05, 0) is 37.9 Å². The Hall–Kier alpha value is -0.800. The first kappa shape index (κ1) is 15.3. The van der Waals surface area contributed by atoms with E-state index in [0.29, 0.717) is 12.6 Å². The van der Waals surface area contributed by atoms with E-state index in [2.05, 4.69) is 19.2 Å². The largest absolute Gasteiger partial charge is 0.490 e. The van der Waals surface area contributed by atoms with Gasteiger partial charge in [0.2, 0.25) is 0 Å². The van der Waals surface area contributed by atoms with Crippen LogP contribution in [0.5, 0.6) is 5.75 Å². The summed E-state index contributed by atoms with van der Waals surface area (Å²) in [6.45, 7) is 5.80. The first-order valence-corrected chi connectivity index (χ1v) is 6.79. The molecule has 4 heteroatoms. The fourth-order valence-electron chi connectivity index (χ4n) is 1.57. The zero-order valence-corrected chi connectivity index (χ0v) is 11.8. The van der Waals surface area contributed by atoms with E-state index in [1.165, 1.54) is 6.07 Å². The average molecular weight is 274 g/mol. The van der Waals surface area contributed by atoms with Crippen LogP contribution in [0.1, 0.15) is 33.1 Å². The summed E-state index contributed by atoms with van der Waals surface area (Å²) in [7, 11) is 0. The monoisotopic (exact) mass is 273 g/mol. The molecule has 0 aromatic heterocycles. The van der Waals surface area contributed by atoms with Crippen LogP contribution < -0.4 is 10.1 Å². The Bertz CT molecular complexity index is 358. The van der Waals surface area contributed by atoms with Crippen molar-refractivity contribution >= 4 is 11.6 Å². The van der Waals surface area contributed by atoms with Gasteiger partial charge in [-0.15, -0.1) is 0 Å². The molecule has 18 heavy (non-hydrogen) atoms. The van der Waals surface area contributed by atoms with Gasteiger partial charge in [0.25, 0.3) is 0 Å². The van der Waals surface area contributed by atoms with Crippen molar-refractivity contribution in [2.45, 2.75) is 39.2 Å². The summed E-state index contributed by atoms with van der Waals surface area (Å²) in [5.41, 5.74) is 0. The van der Waals surface area contributed by atoms with E-state index in [-0.39, 0.29) is 10.8 Å². The highest BCUT2D eigenvalue weighted by atomic mass is 35.5. The molecule has 0 aliphatic carbocycles. The predicted molar refractivity (Wildman–Crippen MR) is 73.9 cm³/mol. The maximum Gasteiger partial charge on any atom is 0.183 e. The van der Waals surface area contributed by atoms with Crippen LogP contribution in [0.4, 0.5) is 4.39 Å². The lowest BCUT2D eigenvalue weighted by atomic mass is 10.2. The molecule has 0 fully saturated rings. The molecule has 102 valence electrons. The van der Waals surface area contributed by atoms with Crippen molar-refractivity contribution < 1.29 is 9.13 Å². The van der Waals surface area contributed by atoms with Gasteiger partial charge in [0.05, 0.1) is 11.6 Å². The van der Waals surface area contributed by atoms with Gasteiger partial charge in [-0.3, -0.25) is 0 Å². The number of hydrogen-bond acceptors (Lipinski definition) is 2. The minimum atomic E-state index is -0.472. The molecule has 1 N–H and O–H groups in total. The molecule has 1 rings (SSSR count). The summed E-state index contributed by atoms with van der Waals surface area (Å²) in [5, 5.41) is 3.46. The second-order valence-corrected chi connectivity index (χ2v) is 4.98. The number of hydrogen-bond donors (Lipinski definition) is 1. The fraction of sp³-hybridized carbons (Fsp3) is 0.571. The molecule has 1 aromatic carbocycles. The molecular formula is C14H21ClFNO. The van der Waals surface area contributed by atoms with Gasteiger partial charge >= 0.3 is 0 Å². The molecule has 0 heterocycles. The summed E-state index contributed by atoms with van der Waals surface area (Å²) in [6, 6.07) is 5.33. The molecule has 0 saturated heterocycles. The lowest BCUT2D eigenvalue weighted by Crippen LogP contribution is -2.23. The average Bonchev–Trinajstić information content (AvgIpc) is 2.32. The Balaban J connectivity index is 2.13. The normalized spacial score (nSPS) is 10.9. The Kier molecular flexibility index (Phi) is 7.06. The number of rotatable bonds is 8. The summed E-state index contributed by atoms with van der Waals surface area (Å²) in [4.78, 5) is 0. The van der Waals surface area contributed by atoms with Crippen molar-refractivity contribution in [2.24, 2.45) is 0 Å². The maximum atomic E-state index is 13.5. The van der Waals surface area contributed by atoms with Crippen molar-refractivity contribution in [2.75, 3.05) is 13.2 Å². The third kappa shape index (κ3) is 5.69. The van der Waals surface area contributed by atoms with Gasteiger partial charge in [-0.25, -0.2) is 4.39 Å². The summed E-state index contributed by atoms with van der Waals surface area (Å²) < 4.78 is 18.8. The topological polar surface area (TPSA) is 21.3 Å². The van der Waals surface area contributed by atoms with E-state index in [1.807, 2.05) is 0 Å². The molecule has 0 aliphatic rings. The third-order valence-electron chi connectivity index (χ3n) is 2.55. The minimum absolute atomic E-state index is 0.105. The summed E-state index contributed by atoms with van der Waals surface area (Å²) in [6.07, 6.45) is 3.10. The molecule has 1 aromatic rings. The van der Waals surface area contributed by atoms with Gasteiger partial charge in [0, 0.05) is 6.04 Å². The summed E-state index contributed by atoms with van der Waals surface area (Å²) in [5.74, 6) is -0.233. The highest BCUT2D eigenvalue weighted by Crippen LogP contribution is 2.24. The standard InChI is InChI=1S/C14H21ClFNO/c1-11(2)17-9-4-3-5-10-18-13-8-6-7-12(15)14(13)16/h6-8,11,17H,3-5,9-10H2,1-2H3. The Labute approximate surface area is 113 Å². The molecule has 0 bridgehead atoms. The van der Waals surface area contributed by atoms with Crippen molar-refractivity contribution in [1.29, 1.82) is 0 Å². The van der Waals surface area contributed by atoms with Crippen LogP contribution in [0.15, 0.2) is 18.2 Å². The van der Waals surface area contributed by atoms with Gasteiger partial charge in [-0.1, -0.05) is 31.5 Å². The van der Waals surface area contributed by atoms with Crippen LogP contribution in [0.2, 0.25) is 5.02 Å². The molecular weight excluding hydrogens is 253 g/mol. The quantitative estimate of drug-likeness (QED) is 0.722. The van der Waals surface area contributed by atoms with Crippen LogP contribution >= 0.6 is 11.6 Å². The zero-order chi connectivity index (χ0) is 13.4. The molecule has 0 amide bonds. The van der Waals surface area contributed by atoms with Crippen molar-refractivity contribution in [3.63, 3.8) is 0 Å². The van der Waals surface area contributed by atoms with Crippen LogP contribution in [-0.2, 0) is 0 Å². The van der Waals surface area contributed by atoms with Crippen LogP contribution in [0, 0.1) is 5.82 Å². The third-order valence-corrected chi connectivity index (χ3v) is 2.84. The fourth-order valence-corrected chi connectivity index (χ4v) is 1.74. The molecule has 0 spiro atoms. The van der Waals surface area contributed by atoms with E-state index < -0.39 is 5.82 Å². The molecule has 0 saturated carbocycles. The molecule has 0 unspecified atom stereocenters. The van der Waals surface area contributed by atoms with Gasteiger partial charge in [0.15, 0.2) is 11.6 Å². The summed E-state index contributed by atoms with van der Waals surface area (Å²) >= 11 is 5.66. The van der Waals surface area contributed by atoms with Crippen LogP contribution in [-0.4, -0.2) is 19.2 Å². The number of unbranched alkanes of at least 4 members (excludes halogenated alkanes) is 2. The van der Waals surface area contributed by atoms with Gasteiger partial charge in [0.1, 0.15) is 0 Å². The Morgan fingerprint density at radius 2 is 2.06 bits per heavy atom. The zero-order valence-electron chi connectivity index (χ0n) is 11.0. The Morgan fingerprint density at radius 1 is 1.28 bits per heavy atom. The molecule has 2 nitrogen and oxygen atoms in total. The van der Waals surface area contributed by atoms with E-state index in [0.717, 1.165) is 25.8 Å². The Morgan fingerprint density at radius 3 is 2.78 bits per heavy atom. The van der Waals surface area contributed by atoms with Crippen molar-refractivity contribution in [3.05, 3.63) is 29.0 Å². The number of ether oxygens (including phenoxy) is 1. The minimum Gasteiger partial charge on any atom is -0.490 e. The first-order valence-electron chi connectivity index (χ1n) is 6.41. The van der Waals surface area contributed by atoms with Crippen LogP contribution in [0.3, 0.4) is 0 Å². The van der Waals surface area contributed by atoms with Crippen molar-refractivity contribution in [3.8, 4) is 5.75 Å². The number of halogens is 2. The highest BCUT2D eigenvalue weighted by Gasteiger charge is 2.06. The predicted octanol–water partition coefficient (Wildman–Crippen LogP) is 4.03. The van der Waals surface area contributed by atoms with E-state index in [9.17, 15) is 4.39 Å². The second-order valence-electron chi connectivity index (χ2n) is 4.57. The van der Waals surface area contributed by atoms with Crippen molar-refractivity contribution in [1.82, 2.24) is 5.32 Å². The molecule has 0 atom stereocenters. The molecule has 0 radical (unpaired) electrons.